The number of fused-ring (bicyclic) bond motifs is 2. The molecule has 1 aliphatic heterocycles. The normalized spacial score (nSPS) is 46.0. The smallest absolute Gasteiger partial charge is 0.0293 e. The molecule has 1 fully saturated rings. The van der Waals surface area contributed by atoms with Crippen LogP contribution >= 0.6 is 11.8 Å². The van der Waals surface area contributed by atoms with E-state index >= 15 is 0 Å². The van der Waals surface area contributed by atoms with Crippen LogP contribution in [0.15, 0.2) is 24.8 Å². The molecule has 9 heavy (non-hydrogen) atoms. The van der Waals surface area contributed by atoms with Crippen molar-refractivity contribution in [2.45, 2.75) is 16.9 Å². The second kappa shape index (κ2) is 1.91. The van der Waals surface area contributed by atoms with Gasteiger partial charge in [-0.1, -0.05) is 18.2 Å². The predicted octanol–water partition coefficient (Wildman–Crippen LogP) is 2.23. The molecular formula is C8H10S. The van der Waals surface area contributed by atoms with Crippen LogP contribution in [0, 0.1) is 5.92 Å². The summed E-state index contributed by atoms with van der Waals surface area (Å²) in [5.74, 6) is 0.817. The molecule has 0 amide bonds. The fourth-order valence-corrected chi connectivity index (χ4v) is 3.00. The molecule has 0 radical (unpaired) electrons. The highest BCUT2D eigenvalue weighted by Gasteiger charge is 2.34. The molecule has 1 heterocycles. The molecule has 0 unspecified atom stereocenters. The first-order chi connectivity index (χ1) is 4.40. The first-order valence-corrected chi connectivity index (χ1v) is 4.31. The molecule has 0 aromatic rings. The third kappa shape index (κ3) is 0.751. The Hall–Kier alpha value is -0.170. The molecule has 48 valence electrons. The lowest BCUT2D eigenvalue weighted by molar-refractivity contribution is 0.699. The van der Waals surface area contributed by atoms with Crippen molar-refractivity contribution in [3.8, 4) is 0 Å². The van der Waals surface area contributed by atoms with E-state index in [4.69, 9.17) is 0 Å². The van der Waals surface area contributed by atoms with E-state index in [1.54, 1.807) is 0 Å². The van der Waals surface area contributed by atoms with E-state index in [9.17, 15) is 0 Å². The molecule has 2 aliphatic rings. The van der Waals surface area contributed by atoms with Crippen LogP contribution in [0.3, 0.4) is 0 Å². The molecule has 1 aliphatic carbocycles. The van der Waals surface area contributed by atoms with Crippen molar-refractivity contribution in [1.82, 2.24) is 0 Å². The standard InChI is InChI=1S/C8H10S/c1-2-8-6-3-4-7(5-6)9-8/h2-4,6-8H,1,5H2/t6-,7+,8+/m0/s1. The van der Waals surface area contributed by atoms with Gasteiger partial charge in [0, 0.05) is 10.5 Å². The fraction of sp³-hybridized carbons (Fsp3) is 0.500. The Morgan fingerprint density at radius 2 is 2.44 bits per heavy atom. The third-order valence-corrected chi connectivity index (χ3v) is 3.62. The summed E-state index contributed by atoms with van der Waals surface area (Å²) in [6.45, 7) is 3.81. The predicted molar refractivity (Wildman–Crippen MR) is 42.6 cm³/mol. The van der Waals surface area contributed by atoms with Crippen molar-refractivity contribution in [3.63, 3.8) is 0 Å². The summed E-state index contributed by atoms with van der Waals surface area (Å²) in [5, 5.41) is 1.54. The van der Waals surface area contributed by atoms with Crippen LogP contribution in [0.5, 0.6) is 0 Å². The van der Waals surface area contributed by atoms with E-state index in [1.165, 1.54) is 6.42 Å². The monoisotopic (exact) mass is 138 g/mol. The van der Waals surface area contributed by atoms with E-state index in [0.29, 0.717) is 0 Å². The maximum absolute atomic E-state index is 3.81. The summed E-state index contributed by atoms with van der Waals surface area (Å²) in [7, 11) is 0. The van der Waals surface area contributed by atoms with Gasteiger partial charge in [0.15, 0.2) is 0 Å². The van der Waals surface area contributed by atoms with Crippen LogP contribution < -0.4 is 0 Å². The summed E-state index contributed by atoms with van der Waals surface area (Å²) >= 11 is 2.06. The third-order valence-electron chi connectivity index (χ3n) is 2.06. The molecule has 0 aromatic carbocycles. The van der Waals surface area contributed by atoms with Gasteiger partial charge >= 0.3 is 0 Å². The maximum Gasteiger partial charge on any atom is 0.0293 e. The fourth-order valence-electron chi connectivity index (χ4n) is 1.57. The molecule has 0 aromatic heterocycles. The zero-order chi connectivity index (χ0) is 6.27. The van der Waals surface area contributed by atoms with Gasteiger partial charge in [0.1, 0.15) is 0 Å². The van der Waals surface area contributed by atoms with Crippen LogP contribution in [0.4, 0.5) is 0 Å². The lowest BCUT2D eigenvalue weighted by Gasteiger charge is -2.10. The SMILES string of the molecule is C=C[C@H]1S[C@@H]2C=C[C@H]1C2. The van der Waals surface area contributed by atoms with E-state index in [0.717, 1.165) is 16.4 Å². The minimum atomic E-state index is 0.722. The first-order valence-electron chi connectivity index (χ1n) is 3.36. The largest absolute Gasteiger partial charge is 0.146 e. The van der Waals surface area contributed by atoms with E-state index < -0.39 is 0 Å². The molecule has 3 atom stereocenters. The molecule has 1 saturated heterocycles. The minimum absolute atomic E-state index is 0.722. The highest BCUT2D eigenvalue weighted by Crippen LogP contribution is 2.44. The van der Waals surface area contributed by atoms with Gasteiger partial charge in [-0.2, -0.15) is 0 Å². The molecule has 0 N–H and O–H groups in total. The van der Waals surface area contributed by atoms with Crippen molar-refractivity contribution in [2.24, 2.45) is 5.92 Å². The van der Waals surface area contributed by atoms with Crippen LogP contribution in [-0.4, -0.2) is 10.5 Å². The highest BCUT2D eigenvalue weighted by atomic mass is 32.2. The average molecular weight is 138 g/mol. The summed E-state index contributed by atoms with van der Waals surface area (Å²) in [4.78, 5) is 0. The summed E-state index contributed by atoms with van der Waals surface area (Å²) in [6.07, 6.45) is 8.11. The Morgan fingerprint density at radius 1 is 1.56 bits per heavy atom. The van der Waals surface area contributed by atoms with Crippen molar-refractivity contribution in [2.75, 3.05) is 0 Å². The zero-order valence-corrected chi connectivity index (χ0v) is 6.10. The Morgan fingerprint density at radius 3 is 2.78 bits per heavy atom. The van der Waals surface area contributed by atoms with Gasteiger partial charge in [-0.05, 0) is 12.3 Å². The average Bonchev–Trinajstić information content (AvgIpc) is 2.45. The lowest BCUT2D eigenvalue weighted by Crippen LogP contribution is -2.04. The quantitative estimate of drug-likeness (QED) is 0.501. The van der Waals surface area contributed by atoms with E-state index in [2.05, 4.69) is 36.6 Å². The topological polar surface area (TPSA) is 0 Å². The number of hydrogen-bond acceptors (Lipinski definition) is 1. The van der Waals surface area contributed by atoms with Gasteiger partial charge in [0.25, 0.3) is 0 Å². The lowest BCUT2D eigenvalue weighted by atomic mass is 10.1. The molecular weight excluding hydrogens is 128 g/mol. The number of allylic oxidation sites excluding steroid dienone is 1. The summed E-state index contributed by atoms with van der Waals surface area (Å²) in [6, 6.07) is 0. The second-order valence-electron chi connectivity index (χ2n) is 2.66. The molecule has 1 heteroatoms. The molecule has 0 saturated carbocycles. The Kier molecular flexibility index (Phi) is 1.19. The van der Waals surface area contributed by atoms with Gasteiger partial charge in [-0.25, -0.2) is 0 Å². The van der Waals surface area contributed by atoms with Gasteiger partial charge in [0.05, 0.1) is 0 Å². The van der Waals surface area contributed by atoms with Crippen molar-refractivity contribution in [3.05, 3.63) is 24.8 Å². The van der Waals surface area contributed by atoms with Crippen molar-refractivity contribution < 1.29 is 0 Å². The van der Waals surface area contributed by atoms with Gasteiger partial charge < -0.3 is 0 Å². The van der Waals surface area contributed by atoms with E-state index in [1.807, 2.05) is 0 Å². The van der Waals surface area contributed by atoms with Crippen LogP contribution in [0.1, 0.15) is 6.42 Å². The van der Waals surface area contributed by atoms with Gasteiger partial charge in [0.2, 0.25) is 0 Å². The zero-order valence-electron chi connectivity index (χ0n) is 5.29. The maximum atomic E-state index is 3.81. The molecule has 2 bridgehead atoms. The minimum Gasteiger partial charge on any atom is -0.146 e. The molecule has 2 rings (SSSR count). The second-order valence-corrected chi connectivity index (χ2v) is 4.08. The van der Waals surface area contributed by atoms with Gasteiger partial charge in [-0.15, -0.1) is 18.3 Å². The number of thioether (sulfide) groups is 1. The number of rotatable bonds is 1. The first kappa shape index (κ1) is 5.60. The van der Waals surface area contributed by atoms with Crippen LogP contribution in [0.25, 0.3) is 0 Å². The molecule has 0 nitrogen and oxygen atoms in total. The van der Waals surface area contributed by atoms with Crippen molar-refractivity contribution >= 4 is 11.8 Å². The van der Waals surface area contributed by atoms with Crippen LogP contribution in [0.2, 0.25) is 0 Å². The van der Waals surface area contributed by atoms with E-state index in [-0.39, 0.29) is 0 Å². The number of hydrogen-bond donors (Lipinski definition) is 0. The highest BCUT2D eigenvalue weighted by molar-refractivity contribution is 8.01. The Bertz CT molecular complexity index is 160. The Balaban J connectivity index is 2.19. The van der Waals surface area contributed by atoms with Gasteiger partial charge in [-0.3, -0.25) is 0 Å². The summed E-state index contributed by atoms with van der Waals surface area (Å²) < 4.78 is 0. The molecule has 0 spiro atoms. The summed E-state index contributed by atoms with van der Waals surface area (Å²) in [5.41, 5.74) is 0. The van der Waals surface area contributed by atoms with Crippen molar-refractivity contribution in [1.29, 1.82) is 0 Å². The van der Waals surface area contributed by atoms with Crippen LogP contribution in [-0.2, 0) is 0 Å². The Labute approximate surface area is 60.0 Å².